The second-order valence-corrected chi connectivity index (χ2v) is 12.1. The van der Waals surface area contributed by atoms with Gasteiger partial charge in [-0.2, -0.15) is 0 Å². The molecule has 3 aliphatic rings. The molecule has 3 fully saturated rings. The van der Waals surface area contributed by atoms with Crippen LogP contribution in [0, 0.1) is 30.1 Å². The molecule has 0 spiro atoms. The molecule has 0 saturated heterocycles. The van der Waals surface area contributed by atoms with E-state index < -0.39 is 12.2 Å². The van der Waals surface area contributed by atoms with Crippen LogP contribution in [0.4, 0.5) is 0 Å². The number of hydrogen-bond acceptors (Lipinski definition) is 5. The number of thiazole rings is 1. The predicted octanol–water partition coefficient (Wildman–Crippen LogP) is 6.58. The molecule has 1 aromatic rings. The minimum atomic E-state index is -0.631. The normalized spacial score (nSPS) is 35.0. The van der Waals surface area contributed by atoms with E-state index in [0.717, 1.165) is 36.1 Å². The van der Waals surface area contributed by atoms with Gasteiger partial charge in [0.05, 0.1) is 12.2 Å². The van der Waals surface area contributed by atoms with E-state index in [-0.39, 0.29) is 5.78 Å². The van der Waals surface area contributed by atoms with Crippen molar-refractivity contribution in [2.24, 2.45) is 23.2 Å². The standard InChI is InChI=1S/C29H41NO3S/c1-18(7-5-9-26(32)28-30-19(2)17-34-28)24-12-13-25-21(8-6-14-29(24,25)4)10-11-22-15-23(31)16-27(33)20(22)3/h10-11,17-18,23-25,27,31,33H,3,5-9,12-16H2,1-2,4H3/b21-10+,22-11-/t18-,23?,24-,25+,27?,29-/m1/s1. The number of fused-ring (bicyclic) bond motifs is 1. The molecule has 4 nitrogen and oxygen atoms in total. The maximum atomic E-state index is 12.5. The minimum Gasteiger partial charge on any atom is -0.393 e. The van der Waals surface area contributed by atoms with E-state index in [9.17, 15) is 15.0 Å². The van der Waals surface area contributed by atoms with Gasteiger partial charge in [-0.05, 0) is 92.6 Å². The number of rotatable bonds is 7. The van der Waals surface area contributed by atoms with Crippen molar-refractivity contribution in [2.45, 2.75) is 97.2 Å². The van der Waals surface area contributed by atoms with E-state index in [4.69, 9.17) is 0 Å². The van der Waals surface area contributed by atoms with Gasteiger partial charge in [0.1, 0.15) is 0 Å². The number of aliphatic hydroxyl groups excluding tert-OH is 2. The van der Waals surface area contributed by atoms with E-state index in [2.05, 4.69) is 37.6 Å². The van der Waals surface area contributed by atoms with Crippen LogP contribution in [0.5, 0.6) is 0 Å². The summed E-state index contributed by atoms with van der Waals surface area (Å²) in [5.41, 5.74) is 4.55. The lowest BCUT2D eigenvalue weighted by Gasteiger charge is -2.44. The van der Waals surface area contributed by atoms with Crippen LogP contribution in [-0.4, -0.2) is 33.2 Å². The van der Waals surface area contributed by atoms with Crippen LogP contribution in [-0.2, 0) is 0 Å². The molecule has 1 heterocycles. The first-order chi connectivity index (χ1) is 16.2. The molecule has 5 heteroatoms. The largest absolute Gasteiger partial charge is 0.393 e. The molecule has 4 rings (SSSR count). The second kappa shape index (κ2) is 10.6. The molecular formula is C29H41NO3S. The number of Topliss-reactive ketones (excluding diaryl/α,β-unsaturated/α-hetero) is 1. The average molecular weight is 484 g/mol. The third-order valence-corrected chi connectivity index (χ3v) is 9.91. The van der Waals surface area contributed by atoms with Crippen molar-refractivity contribution in [3.63, 3.8) is 0 Å². The molecule has 34 heavy (non-hydrogen) atoms. The first kappa shape index (κ1) is 25.5. The Labute approximate surface area is 208 Å². The summed E-state index contributed by atoms with van der Waals surface area (Å²) in [6.07, 6.45) is 13.1. The highest BCUT2D eigenvalue weighted by Gasteiger charge is 2.50. The Morgan fingerprint density at radius 3 is 2.88 bits per heavy atom. The number of ketones is 1. The van der Waals surface area contributed by atoms with Crippen LogP contribution in [0.2, 0.25) is 0 Å². The predicted molar refractivity (Wildman–Crippen MR) is 139 cm³/mol. The molecule has 3 aliphatic carbocycles. The number of carbonyl (C=O) groups excluding carboxylic acids is 1. The van der Waals surface area contributed by atoms with Crippen LogP contribution in [0.15, 0.2) is 40.8 Å². The molecule has 2 N–H and O–H groups in total. The summed E-state index contributed by atoms with van der Waals surface area (Å²) in [6, 6.07) is 0. The molecule has 186 valence electrons. The first-order valence-electron chi connectivity index (χ1n) is 13.1. The van der Waals surface area contributed by atoms with Gasteiger partial charge < -0.3 is 10.2 Å². The molecule has 3 saturated carbocycles. The van der Waals surface area contributed by atoms with Gasteiger partial charge in [0.25, 0.3) is 0 Å². The van der Waals surface area contributed by atoms with E-state index in [0.29, 0.717) is 47.4 Å². The molecule has 2 unspecified atom stereocenters. The molecule has 6 atom stereocenters. The van der Waals surface area contributed by atoms with Crippen LogP contribution in [0.1, 0.15) is 93.6 Å². The molecule has 0 aromatic carbocycles. The summed E-state index contributed by atoms with van der Waals surface area (Å²) in [5, 5.41) is 22.9. The van der Waals surface area contributed by atoms with Crippen molar-refractivity contribution >= 4 is 17.1 Å². The van der Waals surface area contributed by atoms with Gasteiger partial charge >= 0.3 is 0 Å². The summed E-state index contributed by atoms with van der Waals surface area (Å²) in [7, 11) is 0. The SMILES string of the molecule is C=C1/C(=C\C=C2/CCC[C@]3(C)[C@@H]([C@H](C)CCCC(=O)c4nc(C)cs4)CC[C@@H]23)CC(O)CC1O. The number of allylic oxidation sites excluding steroid dienone is 3. The average Bonchev–Trinajstić information content (AvgIpc) is 3.38. The van der Waals surface area contributed by atoms with Crippen LogP contribution < -0.4 is 0 Å². The quantitative estimate of drug-likeness (QED) is 0.430. The first-order valence-corrected chi connectivity index (χ1v) is 14.0. The highest BCUT2D eigenvalue weighted by molar-refractivity contribution is 7.11. The zero-order valence-corrected chi connectivity index (χ0v) is 21.9. The maximum absolute atomic E-state index is 12.5. The fourth-order valence-electron chi connectivity index (χ4n) is 7.05. The monoisotopic (exact) mass is 483 g/mol. The minimum absolute atomic E-state index is 0.191. The van der Waals surface area contributed by atoms with Gasteiger partial charge in [-0.1, -0.05) is 38.2 Å². The Hall–Kier alpha value is -1.56. The molecule has 1 aromatic heterocycles. The fourth-order valence-corrected chi connectivity index (χ4v) is 7.82. The highest BCUT2D eigenvalue weighted by atomic mass is 32.1. The Balaban J connectivity index is 1.38. The van der Waals surface area contributed by atoms with Gasteiger partial charge in [0.15, 0.2) is 10.8 Å². The lowest BCUT2D eigenvalue weighted by Crippen LogP contribution is -2.36. The summed E-state index contributed by atoms with van der Waals surface area (Å²) in [5.74, 6) is 2.11. The lowest BCUT2D eigenvalue weighted by atomic mass is 9.60. The van der Waals surface area contributed by atoms with Gasteiger partial charge in [-0.25, -0.2) is 4.98 Å². The Morgan fingerprint density at radius 1 is 1.35 bits per heavy atom. The van der Waals surface area contributed by atoms with Crippen molar-refractivity contribution in [1.82, 2.24) is 4.98 Å². The zero-order valence-electron chi connectivity index (χ0n) is 21.1. The summed E-state index contributed by atoms with van der Waals surface area (Å²) in [4.78, 5) is 16.8. The fraction of sp³-hybridized carbons (Fsp3) is 0.655. The van der Waals surface area contributed by atoms with Crippen molar-refractivity contribution in [3.8, 4) is 0 Å². The smallest absolute Gasteiger partial charge is 0.191 e. The number of aryl methyl sites for hydroxylation is 1. The zero-order chi connectivity index (χ0) is 24.5. The van der Waals surface area contributed by atoms with Crippen LogP contribution >= 0.6 is 11.3 Å². The highest BCUT2D eigenvalue weighted by Crippen LogP contribution is 2.60. The number of aliphatic hydroxyl groups is 2. The molecule has 0 amide bonds. The Bertz CT molecular complexity index is 976. The summed E-state index contributed by atoms with van der Waals surface area (Å²) in [6.45, 7) is 10.9. The van der Waals surface area contributed by atoms with E-state index >= 15 is 0 Å². The van der Waals surface area contributed by atoms with Crippen molar-refractivity contribution in [1.29, 1.82) is 0 Å². The number of hydrogen-bond donors (Lipinski definition) is 2. The van der Waals surface area contributed by atoms with Gasteiger partial charge in [0.2, 0.25) is 0 Å². The third kappa shape index (κ3) is 5.32. The van der Waals surface area contributed by atoms with E-state index in [1.165, 1.54) is 42.6 Å². The van der Waals surface area contributed by atoms with Gasteiger partial charge in [0, 0.05) is 23.9 Å². The number of carbonyl (C=O) groups is 1. The summed E-state index contributed by atoms with van der Waals surface area (Å²) >= 11 is 1.47. The topological polar surface area (TPSA) is 70.4 Å². The van der Waals surface area contributed by atoms with Crippen LogP contribution in [0.25, 0.3) is 0 Å². The Kier molecular flexibility index (Phi) is 7.95. The van der Waals surface area contributed by atoms with E-state index in [1.54, 1.807) is 0 Å². The van der Waals surface area contributed by atoms with Crippen molar-refractivity contribution in [2.75, 3.05) is 0 Å². The van der Waals surface area contributed by atoms with Gasteiger partial charge in [-0.15, -0.1) is 11.3 Å². The lowest BCUT2D eigenvalue weighted by molar-refractivity contribution is 0.0859. The van der Waals surface area contributed by atoms with Crippen molar-refractivity contribution in [3.05, 3.63) is 51.5 Å². The second-order valence-electron chi connectivity index (χ2n) is 11.3. The van der Waals surface area contributed by atoms with Crippen molar-refractivity contribution < 1.29 is 15.0 Å². The third-order valence-electron chi connectivity index (χ3n) is 8.91. The molecule has 0 aliphatic heterocycles. The van der Waals surface area contributed by atoms with E-state index in [1.807, 2.05) is 12.3 Å². The molecule has 0 radical (unpaired) electrons. The Morgan fingerprint density at radius 2 is 2.15 bits per heavy atom. The number of nitrogens with zero attached hydrogens (tertiary/aromatic N) is 1. The maximum Gasteiger partial charge on any atom is 0.191 e. The summed E-state index contributed by atoms with van der Waals surface area (Å²) < 4.78 is 0. The molecular weight excluding hydrogens is 442 g/mol. The van der Waals surface area contributed by atoms with Gasteiger partial charge in [-0.3, -0.25) is 4.79 Å². The number of aromatic nitrogens is 1. The van der Waals surface area contributed by atoms with Crippen LogP contribution in [0.3, 0.4) is 0 Å². The molecule has 0 bridgehead atoms.